The average Bonchev–Trinajstić information content (AvgIpc) is 2.93. The minimum absolute atomic E-state index is 0.136. The van der Waals surface area contributed by atoms with Gasteiger partial charge in [0.15, 0.2) is 0 Å². The van der Waals surface area contributed by atoms with E-state index in [0.717, 1.165) is 21.3 Å². The Morgan fingerprint density at radius 3 is 2.70 bits per heavy atom. The van der Waals surface area contributed by atoms with Crippen molar-refractivity contribution in [3.05, 3.63) is 70.9 Å². The lowest BCUT2D eigenvalue weighted by Crippen LogP contribution is -2.11. The predicted molar refractivity (Wildman–Crippen MR) is 107 cm³/mol. The van der Waals surface area contributed by atoms with Gasteiger partial charge in [-0.2, -0.15) is 0 Å². The van der Waals surface area contributed by atoms with Crippen molar-refractivity contribution >= 4 is 29.3 Å². The highest BCUT2D eigenvalue weighted by atomic mass is 35.5. The number of aliphatic carboxylic acids is 1. The molecule has 1 N–H and O–H groups in total. The maximum absolute atomic E-state index is 11.4. The van der Waals surface area contributed by atoms with Crippen molar-refractivity contribution in [3.8, 4) is 0 Å². The molecule has 0 spiro atoms. The van der Waals surface area contributed by atoms with Gasteiger partial charge in [-0.3, -0.25) is 9.78 Å². The van der Waals surface area contributed by atoms with Gasteiger partial charge >= 0.3 is 5.97 Å². The van der Waals surface area contributed by atoms with Crippen LogP contribution in [0.4, 0.5) is 0 Å². The molecule has 3 rings (SSSR count). The normalized spacial score (nSPS) is 11.1. The maximum atomic E-state index is 11.4. The molecule has 0 atom stereocenters. The Morgan fingerprint density at radius 1 is 1.26 bits per heavy atom. The quantitative estimate of drug-likeness (QED) is 0.611. The molecule has 0 bridgehead atoms. The van der Waals surface area contributed by atoms with E-state index in [2.05, 4.69) is 23.8 Å². The van der Waals surface area contributed by atoms with Crippen LogP contribution in [0.2, 0.25) is 5.02 Å². The van der Waals surface area contributed by atoms with Crippen molar-refractivity contribution in [3.63, 3.8) is 0 Å². The van der Waals surface area contributed by atoms with E-state index in [1.807, 2.05) is 47.0 Å². The molecular weight excluding hydrogens is 382 g/mol. The zero-order valence-electron chi connectivity index (χ0n) is 15.1. The number of hydrogen-bond acceptors (Lipinski definition) is 4. The Morgan fingerprint density at radius 2 is 2.07 bits per heavy atom. The summed E-state index contributed by atoms with van der Waals surface area (Å²) in [4.78, 5) is 21.4. The first-order valence-electron chi connectivity index (χ1n) is 8.58. The van der Waals surface area contributed by atoms with Crippen LogP contribution in [-0.2, 0) is 17.8 Å². The van der Waals surface area contributed by atoms with Crippen LogP contribution >= 0.6 is 23.4 Å². The monoisotopic (exact) mass is 401 g/mol. The molecule has 0 saturated carbocycles. The van der Waals surface area contributed by atoms with Gasteiger partial charge in [0.1, 0.15) is 17.3 Å². The Kier molecular flexibility index (Phi) is 6.19. The number of hydrogen-bond donors (Lipinski definition) is 1. The second-order valence-electron chi connectivity index (χ2n) is 6.41. The molecule has 0 amide bonds. The Balaban J connectivity index is 2.09. The highest BCUT2D eigenvalue weighted by Gasteiger charge is 2.22. The van der Waals surface area contributed by atoms with Crippen molar-refractivity contribution in [1.29, 1.82) is 0 Å². The van der Waals surface area contributed by atoms with Crippen LogP contribution in [-0.4, -0.2) is 25.6 Å². The first-order valence-corrected chi connectivity index (χ1v) is 9.78. The van der Waals surface area contributed by atoms with Crippen LogP contribution in [0.1, 0.15) is 37.0 Å². The van der Waals surface area contributed by atoms with E-state index in [4.69, 9.17) is 11.6 Å². The molecule has 0 aliphatic rings. The van der Waals surface area contributed by atoms with Crippen LogP contribution < -0.4 is 0 Å². The molecule has 2 heterocycles. The van der Waals surface area contributed by atoms with Crippen molar-refractivity contribution < 1.29 is 9.90 Å². The number of carboxylic acids is 1. The summed E-state index contributed by atoms with van der Waals surface area (Å²) >= 11 is 7.68. The number of nitrogens with zero attached hydrogens (tertiary/aromatic N) is 3. The molecular formula is C20H20ClN3O2S. The molecule has 1 aromatic carbocycles. The van der Waals surface area contributed by atoms with Crippen molar-refractivity contribution in [1.82, 2.24) is 14.5 Å². The van der Waals surface area contributed by atoms with Crippen molar-refractivity contribution in [2.24, 2.45) is 0 Å². The lowest BCUT2D eigenvalue weighted by Gasteiger charge is -2.13. The fraction of sp³-hybridized carbons (Fsp3) is 0.250. The van der Waals surface area contributed by atoms with E-state index in [-0.39, 0.29) is 12.3 Å². The van der Waals surface area contributed by atoms with Gasteiger partial charge in [-0.25, -0.2) is 4.98 Å². The molecule has 7 heteroatoms. The molecule has 3 aromatic rings. The van der Waals surface area contributed by atoms with E-state index in [1.54, 1.807) is 18.0 Å². The summed E-state index contributed by atoms with van der Waals surface area (Å²) in [6.45, 7) is 4.58. The highest BCUT2D eigenvalue weighted by Crippen LogP contribution is 2.36. The molecule has 0 aliphatic carbocycles. The van der Waals surface area contributed by atoms with Gasteiger partial charge in [0.25, 0.3) is 0 Å². The summed E-state index contributed by atoms with van der Waals surface area (Å²) in [7, 11) is 0. The van der Waals surface area contributed by atoms with Gasteiger partial charge < -0.3 is 9.67 Å². The number of carbonyl (C=O) groups is 1. The highest BCUT2D eigenvalue weighted by molar-refractivity contribution is 7.99. The summed E-state index contributed by atoms with van der Waals surface area (Å²) in [6.07, 6.45) is 1.60. The number of carboxylic acid groups (broad SMARTS) is 1. The zero-order valence-corrected chi connectivity index (χ0v) is 16.7. The van der Waals surface area contributed by atoms with Gasteiger partial charge in [0.05, 0.1) is 17.9 Å². The smallest absolute Gasteiger partial charge is 0.311 e. The summed E-state index contributed by atoms with van der Waals surface area (Å²) < 4.78 is 1.96. The second kappa shape index (κ2) is 8.59. The summed E-state index contributed by atoms with van der Waals surface area (Å²) in [5.74, 6) is -0.220. The predicted octanol–water partition coefficient (Wildman–Crippen LogP) is 4.88. The molecule has 0 fully saturated rings. The third-order valence-corrected chi connectivity index (χ3v) is 5.29. The lowest BCUT2D eigenvalue weighted by molar-refractivity contribution is -0.136. The summed E-state index contributed by atoms with van der Waals surface area (Å²) in [6, 6.07) is 13.3. The number of halogens is 1. The van der Waals surface area contributed by atoms with Gasteiger partial charge in [-0.15, -0.1) is 0 Å². The SMILES string of the molecule is CC(C)c1nc(CC(=O)O)n(Cc2ccccn2)c1Sc1cccc(Cl)c1. The van der Waals surface area contributed by atoms with E-state index in [9.17, 15) is 9.90 Å². The van der Waals surface area contributed by atoms with Crippen LogP contribution in [0, 0.1) is 0 Å². The standard InChI is InChI=1S/C20H20ClN3O2S/c1-13(2)19-20(27-16-8-5-6-14(21)10-16)24(17(23-19)11-18(25)26)12-15-7-3-4-9-22-15/h3-10,13H,11-12H2,1-2H3,(H,25,26). The Bertz CT molecular complexity index is 942. The number of aromatic nitrogens is 3. The largest absolute Gasteiger partial charge is 0.481 e. The van der Waals surface area contributed by atoms with E-state index in [1.165, 1.54) is 0 Å². The number of pyridine rings is 1. The number of imidazole rings is 1. The first-order chi connectivity index (χ1) is 12.9. The number of rotatable bonds is 7. The average molecular weight is 402 g/mol. The molecule has 2 aromatic heterocycles. The topological polar surface area (TPSA) is 68.0 Å². The summed E-state index contributed by atoms with van der Waals surface area (Å²) in [5.41, 5.74) is 1.73. The fourth-order valence-corrected chi connectivity index (χ4v) is 4.19. The minimum Gasteiger partial charge on any atom is -0.481 e. The molecule has 27 heavy (non-hydrogen) atoms. The summed E-state index contributed by atoms with van der Waals surface area (Å²) in [5, 5.41) is 10.9. The van der Waals surface area contributed by atoms with Gasteiger partial charge in [0.2, 0.25) is 0 Å². The molecule has 0 saturated heterocycles. The van der Waals surface area contributed by atoms with Crippen LogP contribution in [0.5, 0.6) is 0 Å². The van der Waals surface area contributed by atoms with Crippen LogP contribution in [0.15, 0.2) is 58.6 Å². The third-order valence-electron chi connectivity index (χ3n) is 3.94. The molecule has 0 unspecified atom stereocenters. The molecule has 140 valence electrons. The first kappa shape index (κ1) is 19.5. The molecule has 0 radical (unpaired) electrons. The fourth-order valence-electron chi connectivity index (χ4n) is 2.72. The van der Waals surface area contributed by atoms with Gasteiger partial charge in [-0.05, 0) is 36.2 Å². The molecule has 0 aliphatic heterocycles. The van der Waals surface area contributed by atoms with E-state index < -0.39 is 5.97 Å². The second-order valence-corrected chi connectivity index (χ2v) is 7.91. The Hall–Kier alpha value is -2.31. The van der Waals surface area contributed by atoms with E-state index >= 15 is 0 Å². The van der Waals surface area contributed by atoms with Crippen LogP contribution in [0.3, 0.4) is 0 Å². The maximum Gasteiger partial charge on any atom is 0.311 e. The molecule has 5 nitrogen and oxygen atoms in total. The van der Waals surface area contributed by atoms with E-state index in [0.29, 0.717) is 17.4 Å². The van der Waals surface area contributed by atoms with Crippen LogP contribution in [0.25, 0.3) is 0 Å². The van der Waals surface area contributed by atoms with Crippen molar-refractivity contribution in [2.45, 2.75) is 42.7 Å². The van der Waals surface area contributed by atoms with Gasteiger partial charge in [-0.1, -0.05) is 49.3 Å². The number of benzene rings is 1. The third kappa shape index (κ3) is 4.90. The Labute approximate surface area is 167 Å². The minimum atomic E-state index is -0.906. The van der Waals surface area contributed by atoms with Gasteiger partial charge in [0, 0.05) is 16.1 Å². The van der Waals surface area contributed by atoms with Crippen molar-refractivity contribution in [2.75, 3.05) is 0 Å². The zero-order chi connectivity index (χ0) is 19.4. The lowest BCUT2D eigenvalue weighted by atomic mass is 10.1.